The molecule has 1 saturated carbocycles. The topological polar surface area (TPSA) is 122 Å². The van der Waals surface area contributed by atoms with Crippen LogP contribution in [0.4, 0.5) is 21.0 Å². The standard InChI is InChI=1S/C24H31FN6O3/c1-34-20-8-7-15(25)13-18(20)21(32)19-14-27-23(30-22(19)26)28-17-9-11-31(12-10-17)24(33)29-16-5-3-2-4-6-16/h7-8,13-14,16-17H,2-6,9-12H2,1H3,(H,29,33)(H3,26,27,28,30). The Balaban J connectivity index is 1.33. The number of carbonyl (C=O) groups is 2. The highest BCUT2D eigenvalue weighted by Gasteiger charge is 2.26. The summed E-state index contributed by atoms with van der Waals surface area (Å²) >= 11 is 0. The molecule has 2 aromatic rings. The maximum Gasteiger partial charge on any atom is 0.317 e. The van der Waals surface area contributed by atoms with E-state index >= 15 is 0 Å². The summed E-state index contributed by atoms with van der Waals surface area (Å²) in [7, 11) is 1.40. The molecule has 1 aliphatic heterocycles. The van der Waals surface area contributed by atoms with Gasteiger partial charge in [-0.05, 0) is 43.9 Å². The molecule has 0 radical (unpaired) electrons. The average molecular weight is 471 g/mol. The van der Waals surface area contributed by atoms with E-state index in [9.17, 15) is 14.0 Å². The van der Waals surface area contributed by atoms with Gasteiger partial charge in [-0.3, -0.25) is 4.79 Å². The number of halogens is 1. The summed E-state index contributed by atoms with van der Waals surface area (Å²) in [5.74, 6) is -0.519. The predicted octanol–water partition coefficient (Wildman–Crippen LogP) is 3.36. The summed E-state index contributed by atoms with van der Waals surface area (Å²) < 4.78 is 18.8. The minimum absolute atomic E-state index is 0.00175. The third-order valence-electron chi connectivity index (χ3n) is 6.52. The number of methoxy groups -OCH3 is 1. The van der Waals surface area contributed by atoms with Crippen LogP contribution in [0.5, 0.6) is 5.75 Å². The van der Waals surface area contributed by atoms with Gasteiger partial charge in [-0.2, -0.15) is 4.98 Å². The summed E-state index contributed by atoms with van der Waals surface area (Å²) in [5, 5.41) is 6.41. The Morgan fingerprint density at radius 2 is 1.82 bits per heavy atom. The number of hydrogen-bond acceptors (Lipinski definition) is 7. The van der Waals surface area contributed by atoms with Gasteiger partial charge in [0.2, 0.25) is 11.7 Å². The van der Waals surface area contributed by atoms with Crippen molar-refractivity contribution in [1.82, 2.24) is 20.2 Å². The van der Waals surface area contributed by atoms with E-state index in [0.717, 1.165) is 31.7 Å². The van der Waals surface area contributed by atoms with Gasteiger partial charge in [-0.25, -0.2) is 14.2 Å². The van der Waals surface area contributed by atoms with Gasteiger partial charge in [-0.1, -0.05) is 19.3 Å². The zero-order valence-corrected chi connectivity index (χ0v) is 19.3. The summed E-state index contributed by atoms with van der Waals surface area (Å²) in [5.41, 5.74) is 6.16. The van der Waals surface area contributed by atoms with Gasteiger partial charge in [0.15, 0.2) is 0 Å². The molecule has 1 saturated heterocycles. The van der Waals surface area contributed by atoms with Crippen molar-refractivity contribution in [2.45, 2.75) is 57.0 Å². The second-order valence-electron chi connectivity index (χ2n) is 8.86. The lowest BCUT2D eigenvalue weighted by molar-refractivity contribution is 0.103. The number of ketones is 1. The molecule has 9 nitrogen and oxygen atoms in total. The van der Waals surface area contributed by atoms with Crippen molar-refractivity contribution in [1.29, 1.82) is 0 Å². The highest BCUT2D eigenvalue weighted by atomic mass is 19.1. The maximum atomic E-state index is 13.7. The monoisotopic (exact) mass is 470 g/mol. The van der Waals surface area contributed by atoms with Crippen LogP contribution in [0.1, 0.15) is 60.9 Å². The molecule has 2 fully saturated rings. The minimum Gasteiger partial charge on any atom is -0.496 e. The van der Waals surface area contributed by atoms with Gasteiger partial charge in [0.1, 0.15) is 17.4 Å². The van der Waals surface area contributed by atoms with Crippen LogP contribution in [-0.2, 0) is 0 Å². The Morgan fingerprint density at radius 3 is 2.50 bits per heavy atom. The highest BCUT2D eigenvalue weighted by molar-refractivity contribution is 6.13. The Bertz CT molecular complexity index is 1040. The first kappa shape index (κ1) is 23.7. The minimum atomic E-state index is -0.555. The largest absolute Gasteiger partial charge is 0.496 e. The van der Waals surface area contributed by atoms with E-state index in [-0.39, 0.29) is 34.8 Å². The van der Waals surface area contributed by atoms with E-state index in [1.165, 1.54) is 44.7 Å². The molecular weight excluding hydrogens is 439 g/mol. The molecule has 182 valence electrons. The zero-order valence-electron chi connectivity index (χ0n) is 19.3. The van der Waals surface area contributed by atoms with Crippen LogP contribution >= 0.6 is 0 Å². The van der Waals surface area contributed by atoms with Crippen molar-refractivity contribution >= 4 is 23.6 Å². The maximum absolute atomic E-state index is 13.7. The lowest BCUT2D eigenvalue weighted by Gasteiger charge is -2.34. The molecule has 2 aliphatic rings. The van der Waals surface area contributed by atoms with Gasteiger partial charge in [0.05, 0.1) is 18.2 Å². The number of aromatic nitrogens is 2. The number of piperidine rings is 1. The third kappa shape index (κ3) is 5.55. The third-order valence-corrected chi connectivity index (χ3v) is 6.52. The van der Waals surface area contributed by atoms with Crippen LogP contribution in [-0.4, -0.2) is 59.0 Å². The lowest BCUT2D eigenvalue weighted by atomic mass is 9.95. The fourth-order valence-electron chi connectivity index (χ4n) is 4.56. The van der Waals surface area contributed by atoms with Crippen molar-refractivity contribution < 1.29 is 18.7 Å². The van der Waals surface area contributed by atoms with Gasteiger partial charge in [-0.15, -0.1) is 0 Å². The number of nitrogens with one attached hydrogen (secondary N) is 2. The Kier molecular flexibility index (Phi) is 7.44. The van der Waals surface area contributed by atoms with E-state index in [0.29, 0.717) is 25.1 Å². The smallest absolute Gasteiger partial charge is 0.317 e. The number of benzene rings is 1. The van der Waals surface area contributed by atoms with E-state index < -0.39 is 11.6 Å². The number of nitrogens with two attached hydrogens (primary N) is 1. The Labute approximate surface area is 198 Å². The van der Waals surface area contributed by atoms with Gasteiger partial charge in [0, 0.05) is 31.4 Å². The lowest BCUT2D eigenvalue weighted by Crippen LogP contribution is -2.49. The van der Waals surface area contributed by atoms with Crippen LogP contribution in [0, 0.1) is 5.82 Å². The van der Waals surface area contributed by atoms with Gasteiger partial charge < -0.3 is 26.0 Å². The second kappa shape index (κ2) is 10.7. The van der Waals surface area contributed by atoms with Crippen LogP contribution in [0.2, 0.25) is 0 Å². The van der Waals surface area contributed by atoms with Crippen LogP contribution in [0.25, 0.3) is 0 Å². The first-order valence-corrected chi connectivity index (χ1v) is 11.8. The molecule has 1 aromatic carbocycles. The van der Waals surface area contributed by atoms with Crippen molar-refractivity contribution in [3.63, 3.8) is 0 Å². The first-order chi connectivity index (χ1) is 16.4. The number of nitrogens with zero attached hydrogens (tertiary/aromatic N) is 3. The molecule has 1 aromatic heterocycles. The van der Waals surface area contributed by atoms with Crippen LogP contribution < -0.4 is 21.1 Å². The van der Waals surface area contributed by atoms with Crippen molar-refractivity contribution in [3.8, 4) is 5.75 Å². The molecule has 2 amide bonds. The molecule has 0 bridgehead atoms. The molecule has 34 heavy (non-hydrogen) atoms. The Morgan fingerprint density at radius 1 is 1.09 bits per heavy atom. The zero-order chi connectivity index (χ0) is 24.1. The first-order valence-electron chi connectivity index (χ1n) is 11.8. The molecule has 10 heteroatoms. The number of nitrogen functional groups attached to an aromatic ring is 1. The molecule has 0 unspecified atom stereocenters. The van der Waals surface area contributed by atoms with Crippen molar-refractivity contribution in [2.24, 2.45) is 0 Å². The number of anilines is 2. The van der Waals surface area contributed by atoms with Crippen LogP contribution in [0.15, 0.2) is 24.4 Å². The van der Waals surface area contributed by atoms with E-state index in [2.05, 4.69) is 20.6 Å². The molecule has 4 rings (SSSR count). The van der Waals surface area contributed by atoms with Gasteiger partial charge >= 0.3 is 6.03 Å². The van der Waals surface area contributed by atoms with E-state index in [1.54, 1.807) is 0 Å². The molecular formula is C24H31FN6O3. The normalized spacial score (nSPS) is 17.3. The molecule has 0 spiro atoms. The number of urea groups is 1. The number of rotatable bonds is 6. The average Bonchev–Trinajstić information content (AvgIpc) is 2.85. The summed E-state index contributed by atoms with van der Waals surface area (Å²) in [6, 6.07) is 4.10. The van der Waals surface area contributed by atoms with Crippen molar-refractivity contribution in [3.05, 3.63) is 41.3 Å². The Hall–Kier alpha value is -3.43. The molecule has 4 N–H and O–H groups in total. The number of amides is 2. The summed E-state index contributed by atoms with van der Waals surface area (Å²) in [6.45, 7) is 1.28. The molecule has 1 aliphatic carbocycles. The molecule has 0 atom stereocenters. The summed E-state index contributed by atoms with van der Waals surface area (Å²) in [4.78, 5) is 35.7. The fourth-order valence-corrected chi connectivity index (χ4v) is 4.56. The summed E-state index contributed by atoms with van der Waals surface area (Å²) in [6.07, 6.45) is 8.58. The van der Waals surface area contributed by atoms with E-state index in [1.807, 2.05) is 4.90 Å². The number of hydrogen-bond donors (Lipinski definition) is 3. The van der Waals surface area contributed by atoms with Crippen molar-refractivity contribution in [2.75, 3.05) is 31.2 Å². The number of likely N-dealkylation sites (tertiary alicyclic amines) is 1. The second-order valence-corrected chi connectivity index (χ2v) is 8.86. The highest BCUT2D eigenvalue weighted by Crippen LogP contribution is 2.25. The molecule has 2 heterocycles. The van der Waals surface area contributed by atoms with E-state index in [4.69, 9.17) is 10.5 Å². The fraction of sp³-hybridized carbons (Fsp3) is 0.500. The number of ether oxygens (including phenoxy) is 1. The quantitative estimate of drug-likeness (QED) is 0.553. The van der Waals surface area contributed by atoms with Crippen LogP contribution in [0.3, 0.4) is 0 Å². The predicted molar refractivity (Wildman–Crippen MR) is 126 cm³/mol. The SMILES string of the molecule is COc1ccc(F)cc1C(=O)c1cnc(NC2CCN(C(=O)NC3CCCCC3)CC2)nc1N. The number of carbonyl (C=O) groups excluding carboxylic acids is 2. The van der Waals surface area contributed by atoms with Gasteiger partial charge in [0.25, 0.3) is 0 Å².